The fourth-order valence-electron chi connectivity index (χ4n) is 2.20. The maximum Gasteiger partial charge on any atom is 0.171 e. The third-order valence-corrected chi connectivity index (χ3v) is 4.28. The quantitative estimate of drug-likeness (QED) is 0.712. The zero-order chi connectivity index (χ0) is 18.4. The molecule has 0 bridgehead atoms. The van der Waals surface area contributed by atoms with Gasteiger partial charge in [0.15, 0.2) is 5.11 Å². The largest absolute Gasteiger partial charge is 0.495 e. The molecule has 134 valence electrons. The lowest BCUT2D eigenvalue weighted by atomic mass is 10.1. The number of hydrogen-bond donors (Lipinski definition) is 2. The minimum absolute atomic E-state index is 0.0512. The molecule has 0 spiro atoms. The highest BCUT2D eigenvalue weighted by molar-refractivity contribution is 7.80. The lowest BCUT2D eigenvalue weighted by molar-refractivity contribution is 0.287. The average molecular weight is 379 g/mol. The van der Waals surface area contributed by atoms with Crippen LogP contribution in [0.2, 0.25) is 5.02 Å². The molecule has 0 saturated heterocycles. The minimum atomic E-state index is 0.0512. The molecular formula is C19H23ClN2O2S. The molecule has 2 N–H and O–H groups in total. The summed E-state index contributed by atoms with van der Waals surface area (Å²) in [7, 11) is 1.58. The maximum atomic E-state index is 6.11. The fraction of sp³-hybridized carbons (Fsp3) is 0.316. The number of anilines is 1. The molecule has 0 aliphatic heterocycles. The standard InChI is InChI=1S/C19H23ClN2O2S/c1-12-5-7-16(9-13(12)2)24-11-14(3)21-19(25)22-15-6-8-18(23-4)17(20)10-15/h5-10,14H,11H2,1-4H3,(H2,21,22,25)/t14-/m0/s1. The number of aryl methyl sites for hydroxylation is 2. The van der Waals surface area contributed by atoms with Gasteiger partial charge in [-0.05, 0) is 74.4 Å². The van der Waals surface area contributed by atoms with Gasteiger partial charge >= 0.3 is 0 Å². The van der Waals surface area contributed by atoms with Crippen molar-refractivity contribution in [2.24, 2.45) is 0 Å². The van der Waals surface area contributed by atoms with Crippen molar-refractivity contribution in [2.75, 3.05) is 19.0 Å². The van der Waals surface area contributed by atoms with Gasteiger partial charge in [0.05, 0.1) is 18.2 Å². The Morgan fingerprint density at radius 2 is 1.92 bits per heavy atom. The Hall–Kier alpha value is -1.98. The van der Waals surface area contributed by atoms with Crippen molar-refractivity contribution < 1.29 is 9.47 Å². The van der Waals surface area contributed by atoms with Crippen LogP contribution in [-0.2, 0) is 0 Å². The second-order valence-corrected chi connectivity index (χ2v) is 6.72. The molecule has 0 saturated carbocycles. The van der Waals surface area contributed by atoms with Crippen molar-refractivity contribution in [1.82, 2.24) is 5.32 Å². The molecule has 6 heteroatoms. The Bertz CT molecular complexity index is 752. The Morgan fingerprint density at radius 1 is 1.16 bits per heavy atom. The molecule has 0 aliphatic carbocycles. The molecule has 1 atom stereocenters. The van der Waals surface area contributed by atoms with Gasteiger partial charge in [0.2, 0.25) is 0 Å². The first-order valence-electron chi connectivity index (χ1n) is 8.00. The molecular weight excluding hydrogens is 356 g/mol. The van der Waals surface area contributed by atoms with E-state index in [1.54, 1.807) is 19.2 Å². The smallest absolute Gasteiger partial charge is 0.171 e. The number of benzene rings is 2. The van der Waals surface area contributed by atoms with Gasteiger partial charge in [0.25, 0.3) is 0 Å². The molecule has 0 aliphatic rings. The van der Waals surface area contributed by atoms with Gasteiger partial charge < -0.3 is 20.1 Å². The topological polar surface area (TPSA) is 42.5 Å². The summed E-state index contributed by atoms with van der Waals surface area (Å²) in [6.45, 7) is 6.67. The normalized spacial score (nSPS) is 11.6. The van der Waals surface area contributed by atoms with E-state index in [0.29, 0.717) is 22.5 Å². The first-order valence-corrected chi connectivity index (χ1v) is 8.78. The monoisotopic (exact) mass is 378 g/mol. The molecule has 4 nitrogen and oxygen atoms in total. The number of rotatable bonds is 6. The molecule has 0 radical (unpaired) electrons. The van der Waals surface area contributed by atoms with Crippen LogP contribution in [-0.4, -0.2) is 24.9 Å². The highest BCUT2D eigenvalue weighted by Gasteiger charge is 2.08. The fourth-order valence-corrected chi connectivity index (χ4v) is 2.78. The van der Waals surface area contributed by atoms with Crippen molar-refractivity contribution in [2.45, 2.75) is 26.8 Å². The molecule has 0 unspecified atom stereocenters. The van der Waals surface area contributed by atoms with E-state index in [1.165, 1.54) is 11.1 Å². The maximum absolute atomic E-state index is 6.11. The second kappa shape index (κ2) is 8.92. The lowest BCUT2D eigenvalue weighted by Gasteiger charge is -2.18. The molecule has 2 rings (SSSR count). The van der Waals surface area contributed by atoms with Crippen LogP contribution in [0.3, 0.4) is 0 Å². The molecule has 2 aromatic carbocycles. The van der Waals surface area contributed by atoms with Gasteiger partial charge in [0, 0.05) is 5.69 Å². The van der Waals surface area contributed by atoms with Crippen LogP contribution in [0.25, 0.3) is 0 Å². The Balaban J connectivity index is 1.83. The highest BCUT2D eigenvalue weighted by Crippen LogP contribution is 2.27. The first-order chi connectivity index (χ1) is 11.9. The van der Waals surface area contributed by atoms with E-state index in [1.807, 2.05) is 25.1 Å². The number of thiocarbonyl (C=S) groups is 1. The van der Waals surface area contributed by atoms with Crippen LogP contribution in [0.1, 0.15) is 18.1 Å². The highest BCUT2D eigenvalue weighted by atomic mass is 35.5. The van der Waals surface area contributed by atoms with Crippen molar-refractivity contribution in [3.63, 3.8) is 0 Å². The molecule has 0 aromatic heterocycles. The molecule has 0 fully saturated rings. The van der Waals surface area contributed by atoms with Crippen LogP contribution >= 0.6 is 23.8 Å². The molecule has 0 heterocycles. The second-order valence-electron chi connectivity index (χ2n) is 5.91. The van der Waals surface area contributed by atoms with Crippen molar-refractivity contribution in [1.29, 1.82) is 0 Å². The Kier molecular flexibility index (Phi) is 6.91. The summed E-state index contributed by atoms with van der Waals surface area (Å²) in [6, 6.07) is 11.5. The van der Waals surface area contributed by atoms with Crippen LogP contribution in [0.4, 0.5) is 5.69 Å². The lowest BCUT2D eigenvalue weighted by Crippen LogP contribution is -2.39. The third kappa shape index (κ3) is 5.80. The molecule has 2 aromatic rings. The molecule has 0 amide bonds. The Labute approximate surface area is 159 Å². The van der Waals surface area contributed by atoms with Gasteiger partial charge in [-0.25, -0.2) is 0 Å². The van der Waals surface area contributed by atoms with Gasteiger partial charge in [-0.3, -0.25) is 0 Å². The summed E-state index contributed by atoms with van der Waals surface area (Å²) < 4.78 is 11.0. The van der Waals surface area contributed by atoms with E-state index >= 15 is 0 Å². The summed E-state index contributed by atoms with van der Waals surface area (Å²) in [5.41, 5.74) is 3.26. The number of halogens is 1. The SMILES string of the molecule is COc1ccc(NC(=S)N[C@@H](C)COc2ccc(C)c(C)c2)cc1Cl. The minimum Gasteiger partial charge on any atom is -0.495 e. The Morgan fingerprint density at radius 3 is 2.56 bits per heavy atom. The summed E-state index contributed by atoms with van der Waals surface area (Å²) in [5, 5.41) is 7.34. The van der Waals surface area contributed by atoms with E-state index in [2.05, 4.69) is 30.5 Å². The van der Waals surface area contributed by atoms with Crippen molar-refractivity contribution in [3.05, 3.63) is 52.5 Å². The van der Waals surface area contributed by atoms with E-state index < -0.39 is 0 Å². The van der Waals surface area contributed by atoms with Crippen LogP contribution in [0, 0.1) is 13.8 Å². The van der Waals surface area contributed by atoms with E-state index in [9.17, 15) is 0 Å². The molecule has 25 heavy (non-hydrogen) atoms. The predicted octanol–water partition coefficient (Wildman–Crippen LogP) is 4.72. The summed E-state index contributed by atoms with van der Waals surface area (Å²) >= 11 is 11.4. The third-order valence-electron chi connectivity index (χ3n) is 3.77. The summed E-state index contributed by atoms with van der Waals surface area (Å²) in [6.07, 6.45) is 0. The van der Waals surface area contributed by atoms with Crippen LogP contribution < -0.4 is 20.1 Å². The van der Waals surface area contributed by atoms with E-state index in [-0.39, 0.29) is 6.04 Å². The van der Waals surface area contributed by atoms with Crippen LogP contribution in [0.15, 0.2) is 36.4 Å². The predicted molar refractivity (Wildman–Crippen MR) is 108 cm³/mol. The average Bonchev–Trinajstić information content (AvgIpc) is 2.56. The van der Waals surface area contributed by atoms with E-state index in [0.717, 1.165) is 11.4 Å². The van der Waals surface area contributed by atoms with Crippen molar-refractivity contribution in [3.8, 4) is 11.5 Å². The van der Waals surface area contributed by atoms with Gasteiger partial charge in [0.1, 0.15) is 18.1 Å². The van der Waals surface area contributed by atoms with E-state index in [4.69, 9.17) is 33.3 Å². The first kappa shape index (κ1) is 19.3. The van der Waals surface area contributed by atoms with Crippen LogP contribution in [0.5, 0.6) is 11.5 Å². The summed E-state index contributed by atoms with van der Waals surface area (Å²) in [4.78, 5) is 0. The number of ether oxygens (including phenoxy) is 2. The zero-order valence-electron chi connectivity index (χ0n) is 14.9. The number of nitrogens with one attached hydrogen (secondary N) is 2. The number of methoxy groups -OCH3 is 1. The number of hydrogen-bond acceptors (Lipinski definition) is 3. The van der Waals surface area contributed by atoms with Gasteiger partial charge in [-0.15, -0.1) is 0 Å². The summed E-state index contributed by atoms with van der Waals surface area (Å²) in [5.74, 6) is 1.49. The van der Waals surface area contributed by atoms with Gasteiger partial charge in [-0.1, -0.05) is 17.7 Å². The van der Waals surface area contributed by atoms with Crippen molar-refractivity contribution >= 4 is 34.6 Å². The van der Waals surface area contributed by atoms with Gasteiger partial charge in [-0.2, -0.15) is 0 Å². The zero-order valence-corrected chi connectivity index (χ0v) is 16.4.